The van der Waals surface area contributed by atoms with Crippen molar-refractivity contribution < 1.29 is 14.3 Å². The molecule has 0 bridgehead atoms. The van der Waals surface area contributed by atoms with Crippen molar-refractivity contribution in [3.63, 3.8) is 0 Å². The highest BCUT2D eigenvalue weighted by Gasteiger charge is 2.09. The fourth-order valence-electron chi connectivity index (χ4n) is 2.29. The summed E-state index contributed by atoms with van der Waals surface area (Å²) in [5, 5.41) is 4.36. The molecular formula is C20H17NO3S. The molecule has 5 heteroatoms. The molecule has 0 atom stereocenters. The molecule has 3 aromatic rings. The molecule has 0 radical (unpaired) electrons. The monoisotopic (exact) mass is 351 g/mol. The van der Waals surface area contributed by atoms with Gasteiger partial charge in [0.2, 0.25) is 0 Å². The fraction of sp³-hybridized carbons (Fsp3) is 0.100. The second kappa shape index (κ2) is 8.26. The largest absolute Gasteiger partial charge is 0.460 e. The van der Waals surface area contributed by atoms with E-state index in [-0.39, 0.29) is 19.1 Å². The number of carbonyl (C=O) groups is 2. The molecule has 1 aromatic heterocycles. The smallest absolute Gasteiger partial charge is 0.325 e. The highest BCUT2D eigenvalue weighted by atomic mass is 32.1. The van der Waals surface area contributed by atoms with E-state index in [1.807, 2.05) is 60.0 Å². The highest BCUT2D eigenvalue weighted by Crippen LogP contribution is 2.19. The van der Waals surface area contributed by atoms with E-state index >= 15 is 0 Å². The van der Waals surface area contributed by atoms with Crippen molar-refractivity contribution in [2.75, 3.05) is 6.54 Å². The van der Waals surface area contributed by atoms with Gasteiger partial charge in [-0.2, -0.15) is 0 Å². The maximum atomic E-state index is 11.7. The lowest BCUT2D eigenvalue weighted by atomic mass is 10.0. The van der Waals surface area contributed by atoms with Crippen LogP contribution in [-0.2, 0) is 16.1 Å². The number of hydrogen-bond acceptors (Lipinski definition) is 4. The SMILES string of the molecule is O=C(CNC(=O)c1cccs1)OCc1ccc(-c2ccccc2)cc1. The average molecular weight is 351 g/mol. The molecule has 1 N–H and O–H groups in total. The van der Waals surface area contributed by atoms with Gasteiger partial charge in [-0.25, -0.2) is 0 Å². The Balaban J connectivity index is 1.46. The first-order chi connectivity index (χ1) is 12.2. The molecular weight excluding hydrogens is 334 g/mol. The number of hydrogen-bond donors (Lipinski definition) is 1. The van der Waals surface area contributed by atoms with Crippen LogP contribution in [0.15, 0.2) is 72.1 Å². The third kappa shape index (κ3) is 4.78. The topological polar surface area (TPSA) is 55.4 Å². The van der Waals surface area contributed by atoms with Crippen molar-refractivity contribution in [1.29, 1.82) is 0 Å². The molecule has 0 saturated heterocycles. The Labute approximate surface area is 150 Å². The molecule has 1 amide bonds. The maximum Gasteiger partial charge on any atom is 0.325 e. The van der Waals surface area contributed by atoms with Crippen molar-refractivity contribution in [3.8, 4) is 11.1 Å². The van der Waals surface area contributed by atoms with Crippen LogP contribution in [0.4, 0.5) is 0 Å². The van der Waals surface area contributed by atoms with E-state index in [2.05, 4.69) is 5.32 Å². The van der Waals surface area contributed by atoms with Gasteiger partial charge in [0.15, 0.2) is 0 Å². The fourth-order valence-corrected chi connectivity index (χ4v) is 2.93. The molecule has 3 rings (SSSR count). The third-order valence-corrected chi connectivity index (χ3v) is 4.47. The van der Waals surface area contributed by atoms with Crippen LogP contribution in [0.1, 0.15) is 15.2 Å². The van der Waals surface area contributed by atoms with E-state index < -0.39 is 5.97 Å². The zero-order valence-electron chi connectivity index (χ0n) is 13.5. The number of thiophene rings is 1. The minimum absolute atomic E-state index is 0.140. The van der Waals surface area contributed by atoms with E-state index in [1.165, 1.54) is 11.3 Å². The van der Waals surface area contributed by atoms with Crippen LogP contribution in [0, 0.1) is 0 Å². The minimum atomic E-state index is -0.461. The van der Waals surface area contributed by atoms with Gasteiger partial charge >= 0.3 is 5.97 Å². The van der Waals surface area contributed by atoms with Gasteiger partial charge in [0.1, 0.15) is 13.2 Å². The molecule has 0 aliphatic carbocycles. The van der Waals surface area contributed by atoms with Crippen molar-refractivity contribution in [1.82, 2.24) is 5.32 Å². The van der Waals surface area contributed by atoms with Crippen LogP contribution >= 0.6 is 11.3 Å². The van der Waals surface area contributed by atoms with Gasteiger partial charge in [-0.15, -0.1) is 11.3 Å². The Hall–Kier alpha value is -2.92. The predicted molar refractivity (Wildman–Crippen MR) is 98.3 cm³/mol. The van der Waals surface area contributed by atoms with Gasteiger partial charge < -0.3 is 10.1 Å². The lowest BCUT2D eigenvalue weighted by molar-refractivity contribution is -0.143. The first kappa shape index (κ1) is 16.9. The van der Waals surface area contributed by atoms with Gasteiger partial charge in [0, 0.05) is 0 Å². The van der Waals surface area contributed by atoms with E-state index in [0.29, 0.717) is 4.88 Å². The lowest BCUT2D eigenvalue weighted by Gasteiger charge is -2.07. The molecule has 4 nitrogen and oxygen atoms in total. The molecule has 1 heterocycles. The molecule has 0 saturated carbocycles. The first-order valence-corrected chi connectivity index (χ1v) is 8.72. The van der Waals surface area contributed by atoms with Gasteiger partial charge in [-0.3, -0.25) is 9.59 Å². The van der Waals surface area contributed by atoms with E-state index in [1.54, 1.807) is 12.1 Å². The zero-order valence-corrected chi connectivity index (χ0v) is 14.3. The van der Waals surface area contributed by atoms with Gasteiger partial charge in [0.25, 0.3) is 5.91 Å². The van der Waals surface area contributed by atoms with Crippen molar-refractivity contribution in [3.05, 3.63) is 82.6 Å². The van der Waals surface area contributed by atoms with E-state index in [0.717, 1.165) is 16.7 Å². The Morgan fingerprint density at radius 3 is 2.28 bits per heavy atom. The Bertz CT molecular complexity index is 827. The molecule has 2 aromatic carbocycles. The molecule has 0 spiro atoms. The minimum Gasteiger partial charge on any atom is -0.460 e. The summed E-state index contributed by atoms with van der Waals surface area (Å²) in [5.74, 6) is -0.726. The number of rotatable bonds is 6. The standard InChI is InChI=1S/C20H17NO3S/c22-19(13-21-20(23)18-7-4-12-25-18)24-14-15-8-10-17(11-9-15)16-5-2-1-3-6-16/h1-12H,13-14H2,(H,21,23). The summed E-state index contributed by atoms with van der Waals surface area (Å²) >= 11 is 1.33. The normalized spacial score (nSPS) is 10.2. The summed E-state index contributed by atoms with van der Waals surface area (Å²) in [5.41, 5.74) is 3.15. The number of esters is 1. The Kier molecular flexibility index (Phi) is 5.59. The van der Waals surface area contributed by atoms with Crippen LogP contribution in [0.5, 0.6) is 0 Å². The van der Waals surface area contributed by atoms with Crippen LogP contribution in [0.25, 0.3) is 11.1 Å². The number of nitrogens with one attached hydrogen (secondary N) is 1. The summed E-state index contributed by atoms with van der Waals surface area (Å²) in [6.07, 6.45) is 0. The summed E-state index contributed by atoms with van der Waals surface area (Å²) in [4.78, 5) is 24.1. The maximum absolute atomic E-state index is 11.7. The summed E-state index contributed by atoms with van der Waals surface area (Å²) in [6.45, 7) is 0.0433. The van der Waals surface area contributed by atoms with Crippen LogP contribution in [0.3, 0.4) is 0 Å². The third-order valence-electron chi connectivity index (χ3n) is 3.60. The highest BCUT2D eigenvalue weighted by molar-refractivity contribution is 7.12. The molecule has 0 fully saturated rings. The number of carbonyl (C=O) groups excluding carboxylic acids is 2. The Morgan fingerprint density at radius 1 is 0.880 bits per heavy atom. The summed E-state index contributed by atoms with van der Waals surface area (Å²) in [7, 11) is 0. The number of amides is 1. The van der Waals surface area contributed by atoms with E-state index in [9.17, 15) is 9.59 Å². The number of ether oxygens (including phenoxy) is 1. The lowest BCUT2D eigenvalue weighted by Crippen LogP contribution is -2.30. The number of benzene rings is 2. The van der Waals surface area contributed by atoms with Crippen molar-refractivity contribution >= 4 is 23.2 Å². The average Bonchev–Trinajstić information content (AvgIpc) is 3.20. The van der Waals surface area contributed by atoms with Crippen molar-refractivity contribution in [2.45, 2.75) is 6.61 Å². The van der Waals surface area contributed by atoms with Gasteiger partial charge in [0.05, 0.1) is 4.88 Å². The predicted octanol–water partition coefficient (Wildman–Crippen LogP) is 3.89. The molecule has 0 unspecified atom stereocenters. The van der Waals surface area contributed by atoms with Crippen molar-refractivity contribution in [2.24, 2.45) is 0 Å². The molecule has 0 aliphatic rings. The van der Waals surface area contributed by atoms with Crippen LogP contribution < -0.4 is 5.32 Å². The van der Waals surface area contributed by atoms with Gasteiger partial charge in [-0.05, 0) is 28.1 Å². The first-order valence-electron chi connectivity index (χ1n) is 7.84. The van der Waals surface area contributed by atoms with Crippen LogP contribution in [-0.4, -0.2) is 18.4 Å². The second-order valence-electron chi connectivity index (χ2n) is 5.38. The zero-order chi connectivity index (χ0) is 17.5. The van der Waals surface area contributed by atoms with Crippen LogP contribution in [0.2, 0.25) is 0 Å². The van der Waals surface area contributed by atoms with E-state index in [4.69, 9.17) is 4.74 Å². The molecule has 0 aliphatic heterocycles. The van der Waals surface area contributed by atoms with Gasteiger partial charge in [-0.1, -0.05) is 60.7 Å². The summed E-state index contributed by atoms with van der Waals surface area (Å²) in [6, 6.07) is 21.4. The Morgan fingerprint density at radius 2 is 1.60 bits per heavy atom. The second-order valence-corrected chi connectivity index (χ2v) is 6.33. The summed E-state index contributed by atoms with van der Waals surface area (Å²) < 4.78 is 5.19. The molecule has 126 valence electrons. The molecule has 25 heavy (non-hydrogen) atoms. The quantitative estimate of drug-likeness (QED) is 0.686.